The van der Waals surface area contributed by atoms with Gasteiger partial charge in [-0.15, -0.1) is 11.3 Å². The summed E-state index contributed by atoms with van der Waals surface area (Å²) in [4.78, 5) is 37.4. The number of hydrogen-bond acceptors (Lipinski definition) is 12. The van der Waals surface area contributed by atoms with Crippen LogP contribution in [-0.4, -0.2) is 95.6 Å². The summed E-state index contributed by atoms with van der Waals surface area (Å²) in [6.45, 7) is 7.46. The van der Waals surface area contributed by atoms with Gasteiger partial charge in [0.1, 0.15) is 47.4 Å². The van der Waals surface area contributed by atoms with Crippen molar-refractivity contribution in [3.8, 4) is 56.1 Å². The maximum atomic E-state index is 14.2. The SMILES string of the molecule is COc1ccccc1-c1nccc(COc2ccccc2CC(C=O)Oc2ncnc3sc(-c4ccc(F)cc4)c(-c4ccc(OCCN5CCN(C)CC5)c(Cl)c4C)c23)n1. The Balaban J connectivity index is 1.06. The highest BCUT2D eigenvalue weighted by Crippen LogP contribution is 2.49. The van der Waals surface area contributed by atoms with Crippen molar-refractivity contribution in [2.45, 2.75) is 26.1 Å². The maximum absolute atomic E-state index is 14.2. The first kappa shape index (κ1) is 41.7. The van der Waals surface area contributed by atoms with Crippen molar-refractivity contribution in [1.82, 2.24) is 29.7 Å². The minimum Gasteiger partial charge on any atom is -0.496 e. The molecule has 0 N–H and O–H groups in total. The standard InChI is InChI=1S/C47H44ClFN6O5S/c1-30-36(16-17-40(43(30)48)58-25-24-55-22-20-54(2)21-23-55)41-42-46(51-29-52-47(42)61-44(41)31-12-14-33(49)15-13-31)60-35(27-56)26-32-8-4-6-10-38(32)59-28-34-18-19-50-45(53-34)37-9-5-7-11-39(37)57-3/h4-19,27,29,35H,20-26,28H2,1-3H3. The molecule has 11 nitrogen and oxygen atoms in total. The summed E-state index contributed by atoms with van der Waals surface area (Å²) in [5, 5.41) is 1.10. The first-order valence-corrected chi connectivity index (χ1v) is 21.1. The van der Waals surface area contributed by atoms with Gasteiger partial charge in [0, 0.05) is 55.8 Å². The van der Waals surface area contributed by atoms with Crippen LogP contribution >= 0.6 is 22.9 Å². The van der Waals surface area contributed by atoms with Gasteiger partial charge in [-0.3, -0.25) is 9.69 Å². The number of piperazine rings is 1. The molecule has 0 radical (unpaired) electrons. The van der Waals surface area contributed by atoms with Crippen LogP contribution in [0.1, 0.15) is 16.8 Å². The molecule has 4 aromatic carbocycles. The number of aldehydes is 1. The number of likely N-dealkylation sites (N-methyl/N-ethyl adjacent to an activating group) is 1. The molecule has 1 fully saturated rings. The van der Waals surface area contributed by atoms with Crippen molar-refractivity contribution in [2.75, 3.05) is 53.5 Å². The third-order valence-electron chi connectivity index (χ3n) is 10.7. The zero-order chi connectivity index (χ0) is 42.3. The Morgan fingerprint density at radius 1 is 0.869 bits per heavy atom. The lowest BCUT2D eigenvalue weighted by Gasteiger charge is -2.32. The topological polar surface area (TPSA) is 112 Å². The van der Waals surface area contributed by atoms with E-state index in [0.717, 1.165) is 77.3 Å². The van der Waals surface area contributed by atoms with Gasteiger partial charge in [-0.2, -0.15) is 0 Å². The summed E-state index contributed by atoms with van der Waals surface area (Å²) in [7, 11) is 3.75. The Morgan fingerprint density at radius 3 is 2.43 bits per heavy atom. The van der Waals surface area contributed by atoms with E-state index < -0.39 is 6.10 Å². The van der Waals surface area contributed by atoms with Crippen LogP contribution in [0.5, 0.6) is 23.1 Å². The number of rotatable bonds is 16. The highest BCUT2D eigenvalue weighted by molar-refractivity contribution is 7.22. The van der Waals surface area contributed by atoms with Crippen LogP contribution in [0.25, 0.3) is 43.2 Å². The van der Waals surface area contributed by atoms with Crippen molar-refractivity contribution >= 4 is 39.4 Å². The van der Waals surface area contributed by atoms with Crippen LogP contribution in [0, 0.1) is 12.7 Å². The Kier molecular flexibility index (Phi) is 13.1. The van der Waals surface area contributed by atoms with Crippen molar-refractivity contribution in [3.63, 3.8) is 0 Å². The molecule has 3 aromatic heterocycles. The van der Waals surface area contributed by atoms with E-state index in [1.807, 2.05) is 67.6 Å². The largest absolute Gasteiger partial charge is 0.496 e. The fourth-order valence-corrected chi connectivity index (χ4v) is 8.71. The number of carbonyl (C=O) groups is 1. The molecule has 0 aliphatic carbocycles. The van der Waals surface area contributed by atoms with E-state index in [2.05, 4.69) is 31.8 Å². The number of ether oxygens (including phenoxy) is 4. The molecule has 0 spiro atoms. The van der Waals surface area contributed by atoms with Crippen molar-refractivity contribution in [3.05, 3.63) is 131 Å². The van der Waals surface area contributed by atoms with E-state index >= 15 is 0 Å². The minimum absolute atomic E-state index is 0.160. The average molecular weight is 859 g/mol. The second-order valence-electron chi connectivity index (χ2n) is 14.7. The number of carbonyl (C=O) groups excluding carboxylic acids is 1. The maximum Gasteiger partial charge on any atom is 0.226 e. The molecule has 1 atom stereocenters. The number of hydrogen-bond donors (Lipinski definition) is 0. The lowest BCUT2D eigenvalue weighted by Crippen LogP contribution is -2.45. The summed E-state index contributed by atoms with van der Waals surface area (Å²) in [6, 6.07) is 27.0. The van der Waals surface area contributed by atoms with Gasteiger partial charge in [0.2, 0.25) is 5.88 Å². The lowest BCUT2D eigenvalue weighted by molar-refractivity contribution is -0.113. The smallest absolute Gasteiger partial charge is 0.226 e. The molecule has 312 valence electrons. The van der Waals surface area contributed by atoms with Gasteiger partial charge in [0.25, 0.3) is 0 Å². The predicted molar refractivity (Wildman–Crippen MR) is 236 cm³/mol. The molecule has 1 aliphatic rings. The van der Waals surface area contributed by atoms with Crippen molar-refractivity contribution < 1.29 is 28.1 Å². The Morgan fingerprint density at radius 2 is 1.64 bits per heavy atom. The third kappa shape index (κ3) is 9.50. The Labute approximate surface area is 362 Å². The van der Waals surface area contributed by atoms with Crippen molar-refractivity contribution in [1.29, 1.82) is 0 Å². The molecule has 8 rings (SSSR count). The number of fused-ring (bicyclic) bond motifs is 1. The van der Waals surface area contributed by atoms with Gasteiger partial charge in [-0.05, 0) is 78.7 Å². The average Bonchev–Trinajstić information content (AvgIpc) is 3.68. The Bertz CT molecular complexity index is 2640. The fourth-order valence-electron chi connectivity index (χ4n) is 7.33. The number of nitrogens with zero attached hydrogens (tertiary/aromatic N) is 6. The molecule has 0 saturated carbocycles. The number of benzene rings is 4. The summed E-state index contributed by atoms with van der Waals surface area (Å²) >= 11 is 8.49. The number of para-hydroxylation sites is 2. The van der Waals surface area contributed by atoms with E-state index in [9.17, 15) is 9.18 Å². The molecule has 1 unspecified atom stereocenters. The van der Waals surface area contributed by atoms with Gasteiger partial charge in [-0.25, -0.2) is 24.3 Å². The van der Waals surface area contributed by atoms with Crippen LogP contribution in [0.4, 0.5) is 4.39 Å². The molecule has 1 aliphatic heterocycles. The normalized spacial score (nSPS) is 13.9. The summed E-state index contributed by atoms with van der Waals surface area (Å²) < 4.78 is 38.7. The highest BCUT2D eigenvalue weighted by atomic mass is 35.5. The van der Waals surface area contributed by atoms with E-state index in [4.69, 9.17) is 35.5 Å². The van der Waals surface area contributed by atoms with E-state index in [1.165, 1.54) is 29.8 Å². The van der Waals surface area contributed by atoms with E-state index in [0.29, 0.717) is 50.6 Å². The zero-order valence-corrected chi connectivity index (χ0v) is 35.6. The monoisotopic (exact) mass is 858 g/mol. The number of methoxy groups -OCH3 is 1. The molecule has 0 amide bonds. The number of aromatic nitrogens is 4. The molecule has 0 bridgehead atoms. The Hall–Kier alpha value is -5.99. The van der Waals surface area contributed by atoms with Gasteiger partial charge in [-0.1, -0.05) is 60.1 Å². The van der Waals surface area contributed by atoms with Gasteiger partial charge >= 0.3 is 0 Å². The number of thiophene rings is 1. The number of halogens is 2. The van der Waals surface area contributed by atoms with E-state index in [1.54, 1.807) is 31.5 Å². The zero-order valence-electron chi connectivity index (χ0n) is 34.0. The molecule has 14 heteroatoms. The van der Waals surface area contributed by atoms with Crippen molar-refractivity contribution in [2.24, 2.45) is 0 Å². The molecular formula is C47H44ClFN6O5S. The van der Waals surface area contributed by atoms with Crippen LogP contribution in [0.2, 0.25) is 5.02 Å². The summed E-state index contributed by atoms with van der Waals surface area (Å²) in [5.74, 6) is 2.24. The van der Waals surface area contributed by atoms with Gasteiger partial charge < -0.3 is 23.8 Å². The molecule has 1 saturated heterocycles. The van der Waals surface area contributed by atoms with Crippen LogP contribution < -0.4 is 18.9 Å². The van der Waals surface area contributed by atoms with Gasteiger partial charge in [0.05, 0.1) is 28.8 Å². The predicted octanol–water partition coefficient (Wildman–Crippen LogP) is 8.99. The molecule has 4 heterocycles. The first-order chi connectivity index (χ1) is 29.8. The molecule has 61 heavy (non-hydrogen) atoms. The quantitative estimate of drug-likeness (QED) is 0.0869. The first-order valence-electron chi connectivity index (χ1n) is 19.9. The van der Waals surface area contributed by atoms with Crippen LogP contribution in [0.15, 0.2) is 104 Å². The summed E-state index contributed by atoms with van der Waals surface area (Å²) in [6.07, 6.45) is 3.12. The summed E-state index contributed by atoms with van der Waals surface area (Å²) in [5.41, 5.74) is 5.33. The molecular weight excluding hydrogens is 815 g/mol. The lowest BCUT2D eigenvalue weighted by atomic mass is 9.96. The fraction of sp³-hybridized carbons (Fsp3) is 0.255. The van der Waals surface area contributed by atoms with Gasteiger partial charge in [0.15, 0.2) is 18.2 Å². The minimum atomic E-state index is -0.943. The highest BCUT2D eigenvalue weighted by Gasteiger charge is 2.26. The van der Waals surface area contributed by atoms with Crippen LogP contribution in [-0.2, 0) is 17.8 Å². The second-order valence-corrected chi connectivity index (χ2v) is 16.1. The van der Waals surface area contributed by atoms with E-state index in [-0.39, 0.29) is 24.7 Å². The second kappa shape index (κ2) is 19.2. The molecule has 7 aromatic rings. The third-order valence-corrected chi connectivity index (χ3v) is 12.3. The van der Waals surface area contributed by atoms with Crippen LogP contribution in [0.3, 0.4) is 0 Å².